The van der Waals surface area contributed by atoms with Crippen LogP contribution in [-0.4, -0.2) is 92.6 Å². The molecule has 8 rings (SSSR count). The first kappa shape index (κ1) is 39.7. The molecule has 0 aliphatic carbocycles. The summed E-state index contributed by atoms with van der Waals surface area (Å²) in [6, 6.07) is 12.7. The van der Waals surface area contributed by atoms with Crippen LogP contribution in [0.3, 0.4) is 0 Å². The van der Waals surface area contributed by atoms with Crippen molar-refractivity contribution in [1.29, 1.82) is 0 Å². The van der Waals surface area contributed by atoms with E-state index >= 15 is 0 Å². The standard InChI is InChI=1S/C44H52N8O7/c1-22(2)36(49-43(55)57-6)41(53)51-16-8-9-33(51)39-45-20-32(47-39)26-11-13-28-27(17-26)21-59-35-19-29-25(18-30(28)35)12-14-31-38(29)48-40(46-31)34-15-10-24(5)52(34)42(54)37(23(3)4)50-44(56)58-7/h11-14,17-20,22-24,33-34,36-37H,8-10,15-16,21H2,1-7H3,(H,45,47)(H,46,48)(H,49,55)(H,50,56)/t24-,33-,34?,36-,37-/m0/s1. The Bertz CT molecular complexity index is 2440. The monoisotopic (exact) mass is 804 g/mol. The number of carbonyl (C=O) groups is 4. The van der Waals surface area contributed by atoms with Crippen LogP contribution in [0.5, 0.6) is 5.75 Å². The van der Waals surface area contributed by atoms with Crippen molar-refractivity contribution < 1.29 is 33.4 Å². The largest absolute Gasteiger partial charge is 0.488 e. The van der Waals surface area contributed by atoms with Crippen LogP contribution in [-0.2, 0) is 25.7 Å². The maximum absolute atomic E-state index is 14.0. The smallest absolute Gasteiger partial charge is 0.407 e. The Morgan fingerprint density at radius 2 is 1.56 bits per heavy atom. The highest BCUT2D eigenvalue weighted by Gasteiger charge is 2.42. The Hall–Kier alpha value is -6.12. The SMILES string of the molecule is COC(=O)N[C@H](C(=O)N1CCC[C@H]1c1ncc(-c2ccc3c(c2)COc2cc4c(ccc5nc(C6CC[C@H](C)N6C(=O)[C@@H](NC(=O)OC)C(C)C)[nH]c54)cc2-3)[nH]1)C(C)C. The third-order valence-corrected chi connectivity index (χ3v) is 12.2. The van der Waals surface area contributed by atoms with Gasteiger partial charge in [0, 0.05) is 23.5 Å². The Kier molecular flexibility index (Phi) is 10.7. The van der Waals surface area contributed by atoms with Gasteiger partial charge in [-0.15, -0.1) is 0 Å². The first-order valence-electron chi connectivity index (χ1n) is 20.5. The molecule has 3 aromatic carbocycles. The van der Waals surface area contributed by atoms with Gasteiger partial charge in [-0.3, -0.25) is 9.59 Å². The summed E-state index contributed by atoms with van der Waals surface area (Å²) in [5.41, 5.74) is 6.60. The molecule has 3 aliphatic rings. The van der Waals surface area contributed by atoms with Crippen molar-refractivity contribution in [1.82, 2.24) is 40.4 Å². The van der Waals surface area contributed by atoms with Crippen LogP contribution < -0.4 is 15.4 Å². The van der Waals surface area contributed by atoms with E-state index < -0.39 is 24.3 Å². The summed E-state index contributed by atoms with van der Waals surface area (Å²) in [5.74, 6) is 1.65. The van der Waals surface area contributed by atoms with E-state index in [4.69, 9.17) is 24.2 Å². The summed E-state index contributed by atoms with van der Waals surface area (Å²) in [6.07, 6.45) is 3.72. The quantitative estimate of drug-likeness (QED) is 0.120. The van der Waals surface area contributed by atoms with Gasteiger partial charge in [0.2, 0.25) is 11.8 Å². The van der Waals surface area contributed by atoms with Gasteiger partial charge >= 0.3 is 12.2 Å². The topological polar surface area (TPSA) is 184 Å². The van der Waals surface area contributed by atoms with Crippen molar-refractivity contribution in [3.8, 4) is 28.1 Å². The lowest BCUT2D eigenvalue weighted by Gasteiger charge is -2.32. The lowest BCUT2D eigenvalue weighted by Crippen LogP contribution is -2.52. The first-order valence-corrected chi connectivity index (χ1v) is 20.5. The third-order valence-electron chi connectivity index (χ3n) is 12.2. The Balaban J connectivity index is 1.04. The van der Waals surface area contributed by atoms with Gasteiger partial charge < -0.3 is 44.6 Å². The number of amides is 4. The molecule has 2 fully saturated rings. The van der Waals surface area contributed by atoms with Crippen LogP contribution in [0.25, 0.3) is 44.2 Å². The van der Waals surface area contributed by atoms with E-state index in [-0.39, 0.29) is 41.8 Å². The molecule has 4 amide bonds. The number of fused-ring (bicyclic) bond motifs is 6. The number of methoxy groups -OCH3 is 2. The molecule has 15 nitrogen and oxygen atoms in total. The van der Waals surface area contributed by atoms with E-state index in [9.17, 15) is 19.2 Å². The molecular formula is C44H52N8O7. The molecule has 2 saturated heterocycles. The van der Waals surface area contributed by atoms with Gasteiger partial charge in [0.25, 0.3) is 0 Å². The molecule has 5 heterocycles. The number of likely N-dealkylation sites (tertiary alicyclic amines) is 2. The fraction of sp³-hybridized carbons (Fsp3) is 0.455. The molecule has 5 atom stereocenters. The maximum atomic E-state index is 14.0. The van der Waals surface area contributed by atoms with Crippen LogP contribution >= 0.6 is 0 Å². The van der Waals surface area contributed by atoms with Crippen molar-refractivity contribution in [2.24, 2.45) is 11.8 Å². The van der Waals surface area contributed by atoms with E-state index in [1.165, 1.54) is 14.2 Å². The van der Waals surface area contributed by atoms with E-state index in [1.54, 1.807) is 0 Å². The first-order chi connectivity index (χ1) is 28.4. The average molecular weight is 805 g/mol. The summed E-state index contributed by atoms with van der Waals surface area (Å²) in [7, 11) is 2.58. The zero-order chi connectivity index (χ0) is 41.7. The number of rotatable bonds is 9. The fourth-order valence-corrected chi connectivity index (χ4v) is 8.97. The molecule has 0 radical (unpaired) electrons. The van der Waals surface area contributed by atoms with Gasteiger partial charge in [-0.2, -0.15) is 0 Å². The van der Waals surface area contributed by atoms with Crippen LogP contribution in [0.2, 0.25) is 0 Å². The minimum Gasteiger partial charge on any atom is -0.488 e. The van der Waals surface area contributed by atoms with Crippen molar-refractivity contribution >= 4 is 45.8 Å². The third kappa shape index (κ3) is 7.31. The van der Waals surface area contributed by atoms with Crippen molar-refractivity contribution in [2.45, 2.75) is 97.1 Å². The number of imidazole rings is 2. The minimum absolute atomic E-state index is 0.0244. The van der Waals surface area contributed by atoms with Crippen LogP contribution in [0.15, 0.2) is 48.7 Å². The highest BCUT2D eigenvalue weighted by Crippen LogP contribution is 2.44. The highest BCUT2D eigenvalue weighted by atomic mass is 16.5. The number of nitrogens with zero attached hydrogens (tertiary/aromatic N) is 4. The summed E-state index contributed by atoms with van der Waals surface area (Å²) in [6.45, 7) is 10.6. The van der Waals surface area contributed by atoms with E-state index in [1.807, 2.05) is 56.7 Å². The Morgan fingerprint density at radius 3 is 2.27 bits per heavy atom. The lowest BCUT2D eigenvalue weighted by atomic mass is 9.92. The predicted molar refractivity (Wildman–Crippen MR) is 221 cm³/mol. The zero-order valence-corrected chi connectivity index (χ0v) is 34.5. The summed E-state index contributed by atoms with van der Waals surface area (Å²) < 4.78 is 16.0. The molecule has 15 heteroatoms. The molecule has 0 saturated carbocycles. The normalized spacial score (nSPS) is 19.7. The van der Waals surface area contributed by atoms with Crippen molar-refractivity contribution in [2.75, 3.05) is 20.8 Å². The second-order valence-electron chi connectivity index (χ2n) is 16.6. The molecular weight excluding hydrogens is 753 g/mol. The molecule has 5 aromatic rings. The number of carbonyl (C=O) groups excluding carboxylic acids is 4. The zero-order valence-electron chi connectivity index (χ0n) is 34.5. The Labute approximate surface area is 342 Å². The number of nitrogens with one attached hydrogen (secondary N) is 4. The molecule has 59 heavy (non-hydrogen) atoms. The van der Waals surface area contributed by atoms with E-state index in [2.05, 4.69) is 57.0 Å². The molecule has 1 unspecified atom stereocenters. The van der Waals surface area contributed by atoms with Gasteiger partial charge in [0.1, 0.15) is 36.1 Å². The molecule has 3 aliphatic heterocycles. The van der Waals surface area contributed by atoms with Gasteiger partial charge in [-0.05, 0) is 90.8 Å². The van der Waals surface area contributed by atoms with E-state index in [0.29, 0.717) is 24.8 Å². The predicted octanol–water partition coefficient (Wildman–Crippen LogP) is 7.14. The summed E-state index contributed by atoms with van der Waals surface area (Å²) >= 11 is 0. The number of hydrogen-bond donors (Lipinski definition) is 4. The van der Waals surface area contributed by atoms with Crippen LogP contribution in [0.1, 0.15) is 89.6 Å². The van der Waals surface area contributed by atoms with Crippen molar-refractivity contribution in [3.05, 3.63) is 65.9 Å². The molecule has 0 bridgehead atoms. The van der Waals surface area contributed by atoms with Gasteiger partial charge in [0.05, 0.1) is 49.2 Å². The minimum atomic E-state index is -0.725. The summed E-state index contributed by atoms with van der Waals surface area (Å²) in [4.78, 5) is 72.2. The molecule has 0 spiro atoms. The van der Waals surface area contributed by atoms with Gasteiger partial charge in [-0.25, -0.2) is 19.6 Å². The number of H-pyrrole nitrogens is 2. The van der Waals surface area contributed by atoms with Crippen LogP contribution in [0.4, 0.5) is 9.59 Å². The number of benzene rings is 3. The second kappa shape index (κ2) is 15.9. The Morgan fingerprint density at radius 1 is 0.831 bits per heavy atom. The number of hydrogen-bond acceptors (Lipinski definition) is 9. The van der Waals surface area contributed by atoms with Crippen molar-refractivity contribution in [3.63, 3.8) is 0 Å². The molecule has 2 aromatic heterocycles. The highest BCUT2D eigenvalue weighted by molar-refractivity contribution is 6.07. The van der Waals surface area contributed by atoms with E-state index in [0.717, 1.165) is 81.2 Å². The number of aromatic amines is 2. The second-order valence-corrected chi connectivity index (χ2v) is 16.6. The average Bonchev–Trinajstić information content (AvgIpc) is 4.06. The number of alkyl carbamates (subject to hydrolysis) is 2. The molecule has 310 valence electrons. The van der Waals surface area contributed by atoms with Crippen LogP contribution in [0, 0.1) is 11.8 Å². The number of aromatic nitrogens is 4. The lowest BCUT2D eigenvalue weighted by molar-refractivity contribution is -0.137. The fourth-order valence-electron chi connectivity index (χ4n) is 8.97. The maximum Gasteiger partial charge on any atom is 0.407 e. The summed E-state index contributed by atoms with van der Waals surface area (Å²) in [5, 5.41) is 7.44. The van der Waals surface area contributed by atoms with Gasteiger partial charge in [0.15, 0.2) is 0 Å². The molecule has 4 N–H and O–H groups in total. The number of ether oxygens (including phenoxy) is 3. The van der Waals surface area contributed by atoms with Gasteiger partial charge in [-0.1, -0.05) is 45.9 Å².